The van der Waals surface area contributed by atoms with E-state index < -0.39 is 12.0 Å². The van der Waals surface area contributed by atoms with Gasteiger partial charge in [-0.25, -0.2) is 0 Å². The maximum absolute atomic E-state index is 11.8. The first-order valence-corrected chi connectivity index (χ1v) is 9.45. The van der Waals surface area contributed by atoms with Gasteiger partial charge in [-0.1, -0.05) is 13.0 Å². The number of ether oxygens (including phenoxy) is 2. The zero-order chi connectivity index (χ0) is 19.9. The van der Waals surface area contributed by atoms with Crippen LogP contribution in [0.15, 0.2) is 42.5 Å². The van der Waals surface area contributed by atoms with Crippen LogP contribution in [0.1, 0.15) is 42.5 Å². The van der Waals surface area contributed by atoms with Crippen molar-refractivity contribution in [2.45, 2.75) is 38.3 Å². The topological polar surface area (TPSA) is 94.4 Å². The van der Waals surface area contributed by atoms with Crippen LogP contribution in [0.25, 0.3) is 0 Å². The minimum atomic E-state index is -1.23. The molecule has 1 heterocycles. The lowest BCUT2D eigenvalue weighted by Gasteiger charge is -2.23. The molecule has 2 aromatic carbocycles. The molecule has 28 heavy (non-hydrogen) atoms. The Kier molecular flexibility index (Phi) is 6.51. The van der Waals surface area contributed by atoms with E-state index in [1.807, 2.05) is 25.1 Å². The Hall–Kier alpha value is -3.04. The molecule has 1 saturated heterocycles. The highest BCUT2D eigenvalue weighted by Gasteiger charge is 2.18. The Labute approximate surface area is 164 Å². The number of carboxylic acids is 1. The number of carboxylic acid groups (broad SMARTS) is 1. The van der Waals surface area contributed by atoms with Gasteiger partial charge in [0.1, 0.15) is 12.4 Å². The van der Waals surface area contributed by atoms with Crippen LogP contribution in [0, 0.1) is 11.3 Å². The molecule has 0 saturated carbocycles. The summed E-state index contributed by atoms with van der Waals surface area (Å²) in [7, 11) is 0. The van der Waals surface area contributed by atoms with Crippen LogP contribution in [0.2, 0.25) is 0 Å². The Balaban J connectivity index is 1.80. The summed E-state index contributed by atoms with van der Waals surface area (Å²) in [5, 5.41) is 23.7. The first-order chi connectivity index (χ1) is 13.6. The van der Waals surface area contributed by atoms with Gasteiger partial charge in [0.05, 0.1) is 29.7 Å². The molecule has 0 aromatic heterocycles. The highest BCUT2D eigenvalue weighted by atomic mass is 16.5. The number of anilines is 1. The summed E-state index contributed by atoms with van der Waals surface area (Å²) in [6.07, 6.45) is 2.85. The fourth-order valence-electron chi connectivity index (χ4n) is 3.19. The molecule has 0 aliphatic carbocycles. The zero-order valence-corrected chi connectivity index (χ0v) is 15.8. The van der Waals surface area contributed by atoms with E-state index in [1.54, 1.807) is 30.3 Å². The fraction of sp³-hybridized carbons (Fsp3) is 0.364. The number of nitrogens with zero attached hydrogens (tertiary/aromatic N) is 1. The summed E-state index contributed by atoms with van der Waals surface area (Å²) in [6.45, 7) is 3.21. The van der Waals surface area contributed by atoms with Crippen molar-refractivity contribution >= 4 is 11.7 Å². The molecule has 2 atom stereocenters. The summed E-state index contributed by atoms with van der Waals surface area (Å²) >= 11 is 0. The van der Waals surface area contributed by atoms with Gasteiger partial charge in [0.25, 0.3) is 0 Å². The summed E-state index contributed by atoms with van der Waals surface area (Å²) in [5.74, 6) is -0.611. The molecule has 1 aliphatic rings. The number of rotatable bonds is 8. The number of aryl methyl sites for hydroxylation is 1. The van der Waals surface area contributed by atoms with Gasteiger partial charge in [-0.15, -0.1) is 0 Å². The maximum atomic E-state index is 11.8. The lowest BCUT2D eigenvalue weighted by atomic mass is 10.0. The lowest BCUT2D eigenvalue weighted by molar-refractivity contribution is -0.307. The predicted molar refractivity (Wildman–Crippen MR) is 103 cm³/mol. The van der Waals surface area contributed by atoms with Gasteiger partial charge in [0, 0.05) is 12.3 Å². The average molecular weight is 379 g/mol. The summed E-state index contributed by atoms with van der Waals surface area (Å²) < 4.78 is 11.5. The van der Waals surface area contributed by atoms with Crippen molar-refractivity contribution < 1.29 is 19.4 Å². The number of hydrogen-bond donors (Lipinski definition) is 1. The molecule has 0 spiro atoms. The third kappa shape index (κ3) is 5.02. The van der Waals surface area contributed by atoms with Crippen LogP contribution in [-0.2, 0) is 16.0 Å². The van der Waals surface area contributed by atoms with E-state index in [-0.39, 0.29) is 6.10 Å². The van der Waals surface area contributed by atoms with E-state index in [0.29, 0.717) is 29.2 Å². The van der Waals surface area contributed by atoms with Gasteiger partial charge in [-0.2, -0.15) is 5.26 Å². The second kappa shape index (κ2) is 9.25. The predicted octanol–water partition coefficient (Wildman–Crippen LogP) is 2.58. The van der Waals surface area contributed by atoms with Crippen LogP contribution < -0.4 is 15.2 Å². The fourth-order valence-corrected chi connectivity index (χ4v) is 3.19. The molecule has 2 aromatic rings. The zero-order valence-electron chi connectivity index (χ0n) is 15.8. The Morgan fingerprint density at radius 1 is 1.36 bits per heavy atom. The van der Waals surface area contributed by atoms with E-state index in [1.165, 1.54) is 0 Å². The van der Waals surface area contributed by atoms with Crippen LogP contribution in [0.4, 0.5) is 5.69 Å². The maximum Gasteiger partial charge on any atom is 0.120 e. The van der Waals surface area contributed by atoms with Crippen LogP contribution >= 0.6 is 0 Å². The third-order valence-corrected chi connectivity index (χ3v) is 4.75. The normalized spacial score (nSPS) is 16.9. The van der Waals surface area contributed by atoms with Gasteiger partial charge in [0.15, 0.2) is 0 Å². The van der Waals surface area contributed by atoms with Gasteiger partial charge in [-0.3, -0.25) is 0 Å². The number of nitrogens with one attached hydrogen (secondary N) is 1. The van der Waals surface area contributed by atoms with Crippen molar-refractivity contribution in [2.75, 3.05) is 18.5 Å². The molecule has 146 valence electrons. The summed E-state index contributed by atoms with van der Waals surface area (Å²) in [6, 6.07) is 13.1. The van der Waals surface area contributed by atoms with Crippen molar-refractivity contribution in [1.82, 2.24) is 0 Å². The molecule has 1 fully saturated rings. The highest BCUT2D eigenvalue weighted by Crippen LogP contribution is 2.26. The number of hydrogen-bond acceptors (Lipinski definition) is 6. The smallest absolute Gasteiger partial charge is 0.120 e. The molecule has 1 N–H and O–H groups in total. The van der Waals surface area contributed by atoms with E-state index in [0.717, 1.165) is 31.4 Å². The minimum absolute atomic E-state index is 0.0856. The van der Waals surface area contributed by atoms with E-state index >= 15 is 0 Å². The molecule has 0 amide bonds. The number of nitriles is 1. The SMILES string of the molecule is CCc1cc(OCC2CCCO2)cc(C(Nc2ccc(C#N)cc2)C(=O)[O-])c1. The summed E-state index contributed by atoms with van der Waals surface area (Å²) in [4.78, 5) is 11.8. The van der Waals surface area contributed by atoms with Crippen molar-refractivity contribution in [2.24, 2.45) is 0 Å². The number of carbonyl (C=O) groups excluding carboxylic acids is 1. The monoisotopic (exact) mass is 379 g/mol. The van der Waals surface area contributed by atoms with Crippen LogP contribution in [0.5, 0.6) is 5.75 Å². The quantitative estimate of drug-likeness (QED) is 0.758. The Bertz CT molecular complexity index is 852. The average Bonchev–Trinajstić information content (AvgIpc) is 3.24. The first kappa shape index (κ1) is 19.7. The number of carbonyl (C=O) groups is 1. The standard InChI is InChI=1S/C22H24N2O4/c1-2-15-10-17(12-20(11-15)28-14-19-4-3-9-27-19)21(22(25)26)24-18-7-5-16(13-23)6-8-18/h5-8,10-12,19,21,24H,2-4,9,14H2,1H3,(H,25,26)/p-1. The number of aliphatic carboxylic acids is 1. The van der Waals surface area contributed by atoms with E-state index in [2.05, 4.69) is 5.32 Å². The van der Waals surface area contributed by atoms with Crippen molar-refractivity contribution in [1.29, 1.82) is 5.26 Å². The molecule has 6 heteroatoms. The number of benzene rings is 2. The largest absolute Gasteiger partial charge is 0.548 e. The second-order valence-electron chi connectivity index (χ2n) is 6.80. The second-order valence-corrected chi connectivity index (χ2v) is 6.80. The first-order valence-electron chi connectivity index (χ1n) is 9.45. The van der Waals surface area contributed by atoms with Crippen molar-refractivity contribution in [3.8, 4) is 11.8 Å². The van der Waals surface area contributed by atoms with Gasteiger partial charge < -0.3 is 24.7 Å². The highest BCUT2D eigenvalue weighted by molar-refractivity contribution is 5.78. The molecule has 6 nitrogen and oxygen atoms in total. The van der Waals surface area contributed by atoms with Gasteiger partial charge >= 0.3 is 0 Å². The molecule has 2 unspecified atom stereocenters. The molecular formula is C22H23N2O4-. The molecule has 0 radical (unpaired) electrons. The summed E-state index contributed by atoms with van der Waals surface area (Å²) in [5.41, 5.74) is 2.64. The molecule has 0 bridgehead atoms. The minimum Gasteiger partial charge on any atom is -0.548 e. The van der Waals surface area contributed by atoms with Crippen LogP contribution in [-0.4, -0.2) is 25.3 Å². The molecular weight excluding hydrogens is 356 g/mol. The van der Waals surface area contributed by atoms with Crippen molar-refractivity contribution in [3.05, 3.63) is 59.2 Å². The Morgan fingerprint density at radius 2 is 2.14 bits per heavy atom. The van der Waals surface area contributed by atoms with Crippen LogP contribution in [0.3, 0.4) is 0 Å². The van der Waals surface area contributed by atoms with Crippen molar-refractivity contribution in [3.63, 3.8) is 0 Å². The Morgan fingerprint density at radius 3 is 2.75 bits per heavy atom. The third-order valence-electron chi connectivity index (χ3n) is 4.75. The molecule has 3 rings (SSSR count). The van der Waals surface area contributed by atoms with E-state index in [9.17, 15) is 9.90 Å². The molecule has 1 aliphatic heterocycles. The van der Waals surface area contributed by atoms with E-state index in [4.69, 9.17) is 14.7 Å². The van der Waals surface area contributed by atoms with Gasteiger partial charge in [0.2, 0.25) is 0 Å². The van der Waals surface area contributed by atoms with Gasteiger partial charge in [-0.05, 0) is 66.8 Å². The lowest BCUT2D eigenvalue weighted by Crippen LogP contribution is -2.34.